The molecular weight excluding hydrogens is 348 g/mol. The summed E-state index contributed by atoms with van der Waals surface area (Å²) in [5.41, 5.74) is 0.745. The van der Waals surface area contributed by atoms with Crippen molar-refractivity contribution >= 4 is 23.5 Å². The number of para-hydroxylation sites is 1. The number of hydrogen-bond acceptors (Lipinski definition) is 6. The molecular formula is C20H26N2O5. The maximum absolute atomic E-state index is 13.2. The fourth-order valence-corrected chi connectivity index (χ4v) is 3.32. The SMILES string of the molecule is COC(=O)/C=C(/Nc1ccccc1C(=O)N1C(C)CCCC1C)C(=O)OC. The van der Waals surface area contributed by atoms with Crippen LogP contribution in [-0.4, -0.2) is 49.0 Å². The zero-order valence-electron chi connectivity index (χ0n) is 16.2. The second-order valence-electron chi connectivity index (χ2n) is 6.58. The fourth-order valence-electron chi connectivity index (χ4n) is 3.32. The van der Waals surface area contributed by atoms with E-state index in [-0.39, 0.29) is 23.7 Å². The summed E-state index contributed by atoms with van der Waals surface area (Å²) in [6, 6.07) is 7.17. The van der Waals surface area contributed by atoms with Crippen LogP contribution in [0, 0.1) is 0 Å². The van der Waals surface area contributed by atoms with Crippen molar-refractivity contribution < 1.29 is 23.9 Å². The standard InChI is InChI=1S/C20H26N2O5/c1-13-8-7-9-14(2)22(13)19(24)15-10-5-6-11-16(15)21-17(20(25)27-4)12-18(23)26-3/h5-6,10-14,21H,7-9H2,1-4H3/b17-12+. The number of nitrogens with one attached hydrogen (secondary N) is 1. The molecule has 146 valence electrons. The van der Waals surface area contributed by atoms with Crippen LogP contribution < -0.4 is 5.32 Å². The minimum Gasteiger partial charge on any atom is -0.466 e. The minimum absolute atomic E-state index is 0.107. The highest BCUT2D eigenvalue weighted by Gasteiger charge is 2.31. The van der Waals surface area contributed by atoms with Gasteiger partial charge in [-0.1, -0.05) is 12.1 Å². The van der Waals surface area contributed by atoms with Gasteiger partial charge in [-0.15, -0.1) is 0 Å². The van der Waals surface area contributed by atoms with E-state index in [2.05, 4.69) is 10.1 Å². The summed E-state index contributed by atoms with van der Waals surface area (Å²) >= 11 is 0. The van der Waals surface area contributed by atoms with Crippen LogP contribution in [0.2, 0.25) is 0 Å². The lowest BCUT2D eigenvalue weighted by molar-refractivity contribution is -0.138. The van der Waals surface area contributed by atoms with Gasteiger partial charge in [0, 0.05) is 12.1 Å². The number of methoxy groups -OCH3 is 2. The van der Waals surface area contributed by atoms with Crippen molar-refractivity contribution in [3.05, 3.63) is 41.6 Å². The van der Waals surface area contributed by atoms with E-state index in [0.29, 0.717) is 11.3 Å². The van der Waals surface area contributed by atoms with E-state index in [9.17, 15) is 14.4 Å². The molecule has 0 bridgehead atoms. The summed E-state index contributed by atoms with van der Waals surface area (Å²) in [5, 5.41) is 2.85. The van der Waals surface area contributed by atoms with Crippen molar-refractivity contribution in [1.29, 1.82) is 0 Å². The van der Waals surface area contributed by atoms with Gasteiger partial charge in [0.1, 0.15) is 5.70 Å². The van der Waals surface area contributed by atoms with E-state index in [1.807, 2.05) is 18.7 Å². The Morgan fingerprint density at radius 3 is 2.30 bits per heavy atom. The van der Waals surface area contributed by atoms with E-state index < -0.39 is 11.9 Å². The van der Waals surface area contributed by atoms with Crippen molar-refractivity contribution in [2.75, 3.05) is 19.5 Å². The van der Waals surface area contributed by atoms with Crippen LogP contribution in [0.4, 0.5) is 5.69 Å². The Kier molecular flexibility index (Phi) is 6.98. The molecule has 0 aromatic heterocycles. The normalized spacial score (nSPS) is 20.0. The van der Waals surface area contributed by atoms with E-state index >= 15 is 0 Å². The molecule has 0 aliphatic carbocycles. The van der Waals surface area contributed by atoms with Gasteiger partial charge in [-0.25, -0.2) is 9.59 Å². The highest BCUT2D eigenvalue weighted by molar-refractivity contribution is 6.03. The first-order chi connectivity index (χ1) is 12.9. The second kappa shape index (κ2) is 9.21. The maximum atomic E-state index is 13.2. The highest BCUT2D eigenvalue weighted by Crippen LogP contribution is 2.27. The quantitative estimate of drug-likeness (QED) is 0.630. The van der Waals surface area contributed by atoms with Crippen LogP contribution in [0.25, 0.3) is 0 Å². The van der Waals surface area contributed by atoms with Crippen LogP contribution >= 0.6 is 0 Å². The van der Waals surface area contributed by atoms with Crippen molar-refractivity contribution in [3.8, 4) is 0 Å². The lowest BCUT2D eigenvalue weighted by Crippen LogP contribution is -2.47. The molecule has 2 rings (SSSR count). The molecule has 1 aliphatic rings. The molecule has 1 aromatic rings. The zero-order chi connectivity index (χ0) is 20.0. The molecule has 0 spiro atoms. The van der Waals surface area contributed by atoms with Gasteiger partial charge in [0.2, 0.25) is 0 Å². The Hall–Kier alpha value is -2.83. The zero-order valence-corrected chi connectivity index (χ0v) is 16.2. The molecule has 7 heteroatoms. The van der Waals surface area contributed by atoms with Crippen LogP contribution in [-0.2, 0) is 19.1 Å². The van der Waals surface area contributed by atoms with Crippen molar-refractivity contribution in [2.45, 2.75) is 45.2 Å². The van der Waals surface area contributed by atoms with Crippen molar-refractivity contribution in [2.24, 2.45) is 0 Å². The summed E-state index contributed by atoms with van der Waals surface area (Å²) in [6.45, 7) is 4.08. The molecule has 1 N–H and O–H groups in total. The van der Waals surface area contributed by atoms with Gasteiger partial charge in [-0.3, -0.25) is 4.79 Å². The van der Waals surface area contributed by atoms with Gasteiger partial charge in [0.25, 0.3) is 5.91 Å². The monoisotopic (exact) mass is 374 g/mol. The number of hydrogen-bond donors (Lipinski definition) is 1. The van der Waals surface area contributed by atoms with Gasteiger partial charge < -0.3 is 19.7 Å². The predicted octanol–water partition coefficient (Wildman–Crippen LogP) is 2.73. The number of carbonyl (C=O) groups is 3. The smallest absolute Gasteiger partial charge is 0.354 e. The van der Waals surface area contributed by atoms with Gasteiger partial charge >= 0.3 is 11.9 Å². The number of rotatable bonds is 5. The average molecular weight is 374 g/mol. The molecule has 0 radical (unpaired) electrons. The number of carbonyl (C=O) groups excluding carboxylic acids is 3. The first-order valence-electron chi connectivity index (χ1n) is 8.95. The number of ether oxygens (including phenoxy) is 2. The van der Waals surface area contributed by atoms with Crippen LogP contribution in [0.3, 0.4) is 0 Å². The third-order valence-corrected chi connectivity index (χ3v) is 4.72. The van der Waals surface area contributed by atoms with Crippen molar-refractivity contribution in [1.82, 2.24) is 4.90 Å². The number of nitrogens with zero attached hydrogens (tertiary/aromatic N) is 1. The average Bonchev–Trinajstić information content (AvgIpc) is 2.66. The summed E-state index contributed by atoms with van der Waals surface area (Å²) < 4.78 is 9.28. The summed E-state index contributed by atoms with van der Waals surface area (Å²) in [6.07, 6.45) is 4.02. The minimum atomic E-state index is -0.734. The summed E-state index contributed by atoms with van der Waals surface area (Å²) in [7, 11) is 2.42. The molecule has 0 saturated carbocycles. The van der Waals surface area contributed by atoms with Gasteiger partial charge in [0.05, 0.1) is 31.5 Å². The molecule has 1 heterocycles. The molecule has 1 amide bonds. The number of esters is 2. The van der Waals surface area contributed by atoms with E-state index in [1.54, 1.807) is 24.3 Å². The third-order valence-electron chi connectivity index (χ3n) is 4.72. The molecule has 7 nitrogen and oxygen atoms in total. The Morgan fingerprint density at radius 1 is 1.07 bits per heavy atom. The Labute approximate surface area is 159 Å². The number of anilines is 1. The number of amides is 1. The number of benzene rings is 1. The lowest BCUT2D eigenvalue weighted by atomic mass is 9.96. The van der Waals surface area contributed by atoms with Gasteiger partial charge in [0.15, 0.2) is 0 Å². The van der Waals surface area contributed by atoms with Crippen LogP contribution in [0.15, 0.2) is 36.0 Å². The fraction of sp³-hybridized carbons (Fsp3) is 0.450. The third kappa shape index (κ3) is 4.87. The Balaban J connectivity index is 2.36. The van der Waals surface area contributed by atoms with E-state index in [4.69, 9.17) is 4.74 Å². The Bertz CT molecular complexity index is 734. The molecule has 1 saturated heterocycles. The molecule has 27 heavy (non-hydrogen) atoms. The number of likely N-dealkylation sites (tertiary alicyclic amines) is 1. The van der Waals surface area contributed by atoms with Gasteiger partial charge in [-0.05, 0) is 45.2 Å². The lowest BCUT2D eigenvalue weighted by Gasteiger charge is -2.39. The second-order valence-corrected chi connectivity index (χ2v) is 6.58. The van der Waals surface area contributed by atoms with Crippen molar-refractivity contribution in [3.63, 3.8) is 0 Å². The highest BCUT2D eigenvalue weighted by atomic mass is 16.5. The topological polar surface area (TPSA) is 84.9 Å². The number of piperidine rings is 1. The Morgan fingerprint density at radius 2 is 1.70 bits per heavy atom. The van der Waals surface area contributed by atoms with Gasteiger partial charge in [-0.2, -0.15) is 0 Å². The summed E-state index contributed by atoms with van der Waals surface area (Å²) in [4.78, 5) is 38.6. The largest absolute Gasteiger partial charge is 0.466 e. The predicted molar refractivity (Wildman–Crippen MR) is 101 cm³/mol. The van der Waals surface area contributed by atoms with E-state index in [1.165, 1.54) is 14.2 Å². The molecule has 1 fully saturated rings. The van der Waals surface area contributed by atoms with Crippen LogP contribution in [0.1, 0.15) is 43.5 Å². The van der Waals surface area contributed by atoms with Crippen LogP contribution in [0.5, 0.6) is 0 Å². The molecule has 2 atom stereocenters. The molecule has 1 aromatic carbocycles. The summed E-state index contributed by atoms with van der Waals surface area (Å²) in [5.74, 6) is -1.55. The maximum Gasteiger partial charge on any atom is 0.354 e. The molecule has 1 aliphatic heterocycles. The first-order valence-corrected chi connectivity index (χ1v) is 8.95. The van der Waals surface area contributed by atoms with E-state index in [0.717, 1.165) is 25.3 Å². The first kappa shape index (κ1) is 20.5. The molecule has 2 unspecified atom stereocenters.